The molecule has 0 bridgehead atoms. The van der Waals surface area contributed by atoms with Gasteiger partial charge in [-0.3, -0.25) is 4.79 Å². The van der Waals surface area contributed by atoms with Gasteiger partial charge in [0.15, 0.2) is 6.61 Å². The Morgan fingerprint density at radius 1 is 1.21 bits per heavy atom. The van der Waals surface area contributed by atoms with Gasteiger partial charge in [-0.1, -0.05) is 24.3 Å². The number of rotatable bonds is 7. The van der Waals surface area contributed by atoms with E-state index in [9.17, 15) is 18.0 Å². The van der Waals surface area contributed by atoms with Crippen LogP contribution in [0.3, 0.4) is 0 Å². The normalized spacial score (nSPS) is 16.0. The number of para-hydroxylation sites is 1. The monoisotopic (exact) mass is 392 g/mol. The first kappa shape index (κ1) is 20.0. The molecule has 28 heavy (non-hydrogen) atoms. The highest BCUT2D eigenvalue weighted by Gasteiger charge is 2.30. The second kappa shape index (κ2) is 8.54. The maximum Gasteiger partial charge on any atom is 0.416 e. The number of carbonyl (C=O) groups excluding carboxylic acids is 1. The SMILES string of the molecule is CC1Cc2ccccc2N1CCCNC(=O)COc1cccc(C(F)(F)F)c1. The molecule has 0 aromatic heterocycles. The number of nitrogens with one attached hydrogen (secondary N) is 1. The number of halogens is 3. The van der Waals surface area contributed by atoms with Crippen LogP contribution < -0.4 is 15.0 Å². The van der Waals surface area contributed by atoms with Crippen LogP contribution in [-0.4, -0.2) is 31.6 Å². The van der Waals surface area contributed by atoms with Crippen LogP contribution in [0, 0.1) is 0 Å². The largest absolute Gasteiger partial charge is 0.484 e. The van der Waals surface area contributed by atoms with E-state index < -0.39 is 11.7 Å². The van der Waals surface area contributed by atoms with Crippen LogP contribution in [0.5, 0.6) is 5.75 Å². The fourth-order valence-electron chi connectivity index (χ4n) is 3.41. The highest BCUT2D eigenvalue weighted by molar-refractivity contribution is 5.77. The molecule has 0 radical (unpaired) electrons. The lowest BCUT2D eigenvalue weighted by Crippen LogP contribution is -2.34. The van der Waals surface area contributed by atoms with Crippen molar-refractivity contribution in [1.29, 1.82) is 0 Å². The summed E-state index contributed by atoms with van der Waals surface area (Å²) >= 11 is 0. The van der Waals surface area contributed by atoms with Crippen LogP contribution >= 0.6 is 0 Å². The Morgan fingerprint density at radius 2 is 2.00 bits per heavy atom. The zero-order valence-electron chi connectivity index (χ0n) is 15.6. The molecule has 0 fully saturated rings. The number of alkyl halides is 3. The smallest absolute Gasteiger partial charge is 0.416 e. The average Bonchev–Trinajstić information content (AvgIpc) is 2.98. The minimum absolute atomic E-state index is 0.0208. The highest BCUT2D eigenvalue weighted by atomic mass is 19.4. The van der Waals surface area contributed by atoms with Crippen molar-refractivity contribution >= 4 is 11.6 Å². The molecular weight excluding hydrogens is 369 g/mol. The zero-order valence-corrected chi connectivity index (χ0v) is 15.6. The van der Waals surface area contributed by atoms with Gasteiger partial charge >= 0.3 is 6.18 Å². The molecule has 0 spiro atoms. The number of amides is 1. The summed E-state index contributed by atoms with van der Waals surface area (Å²) in [6, 6.07) is 13.2. The maximum atomic E-state index is 12.7. The van der Waals surface area contributed by atoms with Gasteiger partial charge in [0.1, 0.15) is 5.75 Å². The summed E-state index contributed by atoms with van der Waals surface area (Å²) in [7, 11) is 0. The summed E-state index contributed by atoms with van der Waals surface area (Å²) in [5.74, 6) is -0.334. The summed E-state index contributed by atoms with van der Waals surface area (Å²) in [6.07, 6.45) is -2.64. The molecule has 1 atom stereocenters. The Labute approximate surface area is 162 Å². The van der Waals surface area contributed by atoms with Gasteiger partial charge in [-0.15, -0.1) is 0 Å². The van der Waals surface area contributed by atoms with Crippen LogP contribution in [0.15, 0.2) is 48.5 Å². The van der Waals surface area contributed by atoms with E-state index in [1.807, 2.05) is 12.1 Å². The van der Waals surface area contributed by atoms with Gasteiger partial charge in [0.25, 0.3) is 5.91 Å². The van der Waals surface area contributed by atoms with Gasteiger partial charge in [-0.2, -0.15) is 13.2 Å². The maximum absolute atomic E-state index is 12.7. The zero-order chi connectivity index (χ0) is 20.1. The molecule has 0 saturated carbocycles. The van der Waals surface area contributed by atoms with Gasteiger partial charge in [-0.25, -0.2) is 0 Å². The third kappa shape index (κ3) is 4.97. The number of ether oxygens (including phenoxy) is 1. The highest BCUT2D eigenvalue weighted by Crippen LogP contribution is 2.32. The summed E-state index contributed by atoms with van der Waals surface area (Å²) in [4.78, 5) is 14.2. The number of fused-ring (bicyclic) bond motifs is 1. The third-order valence-electron chi connectivity index (χ3n) is 4.78. The molecule has 2 aromatic rings. The van der Waals surface area contributed by atoms with E-state index in [-0.39, 0.29) is 18.3 Å². The number of benzene rings is 2. The van der Waals surface area contributed by atoms with Crippen LogP contribution in [-0.2, 0) is 17.4 Å². The molecule has 1 amide bonds. The first-order valence-electron chi connectivity index (χ1n) is 9.26. The predicted molar refractivity (Wildman–Crippen MR) is 102 cm³/mol. The van der Waals surface area contributed by atoms with Crippen molar-refractivity contribution in [3.05, 3.63) is 59.7 Å². The fourth-order valence-corrected chi connectivity index (χ4v) is 3.41. The number of hydrogen-bond acceptors (Lipinski definition) is 3. The van der Waals surface area contributed by atoms with Gasteiger partial charge in [0, 0.05) is 24.8 Å². The summed E-state index contributed by atoms with van der Waals surface area (Å²) in [6.45, 7) is 3.18. The summed E-state index contributed by atoms with van der Waals surface area (Å²) < 4.78 is 43.2. The van der Waals surface area contributed by atoms with E-state index >= 15 is 0 Å². The molecular formula is C21H23F3N2O2. The van der Waals surface area contributed by atoms with E-state index in [4.69, 9.17) is 4.74 Å². The number of carbonyl (C=O) groups is 1. The van der Waals surface area contributed by atoms with Crippen LogP contribution in [0.4, 0.5) is 18.9 Å². The van der Waals surface area contributed by atoms with E-state index in [2.05, 4.69) is 29.3 Å². The van der Waals surface area contributed by atoms with E-state index in [1.165, 1.54) is 23.4 Å². The van der Waals surface area contributed by atoms with Crippen molar-refractivity contribution in [3.8, 4) is 5.75 Å². The van der Waals surface area contributed by atoms with Gasteiger partial charge in [0.05, 0.1) is 5.56 Å². The van der Waals surface area contributed by atoms with Crippen molar-refractivity contribution < 1.29 is 22.7 Å². The first-order valence-corrected chi connectivity index (χ1v) is 9.26. The lowest BCUT2D eigenvalue weighted by molar-refractivity contribution is -0.137. The predicted octanol–water partition coefficient (Wildman–Crippen LogP) is 4.04. The van der Waals surface area contributed by atoms with Crippen LogP contribution in [0.1, 0.15) is 24.5 Å². The van der Waals surface area contributed by atoms with Crippen molar-refractivity contribution in [3.63, 3.8) is 0 Å². The van der Waals surface area contributed by atoms with Gasteiger partial charge < -0.3 is 15.0 Å². The van der Waals surface area contributed by atoms with Crippen molar-refractivity contribution in [2.75, 3.05) is 24.6 Å². The number of anilines is 1. The second-order valence-electron chi connectivity index (χ2n) is 6.89. The standard InChI is InChI=1S/C21H23F3N2O2/c1-15-12-16-6-2-3-9-19(16)26(15)11-5-10-25-20(27)14-28-18-8-4-7-17(13-18)21(22,23)24/h2-4,6-9,13,15H,5,10-12,14H2,1H3,(H,25,27). The molecule has 1 heterocycles. The van der Waals surface area contributed by atoms with E-state index in [1.54, 1.807) is 0 Å². The Morgan fingerprint density at radius 3 is 2.79 bits per heavy atom. The molecule has 1 aliphatic heterocycles. The average molecular weight is 392 g/mol. The molecule has 1 aliphatic rings. The van der Waals surface area contributed by atoms with Crippen molar-refractivity contribution in [2.45, 2.75) is 32.0 Å². The van der Waals surface area contributed by atoms with Gasteiger partial charge in [-0.05, 0) is 49.6 Å². The molecule has 150 valence electrons. The molecule has 0 aliphatic carbocycles. The molecule has 7 heteroatoms. The Hall–Kier alpha value is -2.70. The molecule has 1 unspecified atom stereocenters. The molecule has 1 N–H and O–H groups in total. The van der Waals surface area contributed by atoms with Crippen molar-refractivity contribution in [2.24, 2.45) is 0 Å². The van der Waals surface area contributed by atoms with Crippen LogP contribution in [0.2, 0.25) is 0 Å². The topological polar surface area (TPSA) is 41.6 Å². The number of hydrogen-bond donors (Lipinski definition) is 1. The molecule has 3 rings (SSSR count). The van der Waals surface area contributed by atoms with Crippen LogP contribution in [0.25, 0.3) is 0 Å². The quantitative estimate of drug-likeness (QED) is 0.723. The first-order chi connectivity index (χ1) is 13.3. The summed E-state index contributed by atoms with van der Waals surface area (Å²) in [5.41, 5.74) is 1.79. The minimum Gasteiger partial charge on any atom is -0.484 e. The summed E-state index contributed by atoms with van der Waals surface area (Å²) in [5, 5.41) is 2.75. The Kier molecular flexibility index (Phi) is 6.11. The Balaban J connectivity index is 1.40. The van der Waals surface area contributed by atoms with E-state index in [0.717, 1.165) is 31.5 Å². The minimum atomic E-state index is -4.44. The molecule has 4 nitrogen and oxygen atoms in total. The van der Waals surface area contributed by atoms with E-state index in [0.29, 0.717) is 12.6 Å². The number of nitrogens with zero attached hydrogens (tertiary/aromatic N) is 1. The second-order valence-corrected chi connectivity index (χ2v) is 6.89. The fraction of sp³-hybridized carbons (Fsp3) is 0.381. The van der Waals surface area contributed by atoms with Crippen molar-refractivity contribution in [1.82, 2.24) is 5.32 Å². The lowest BCUT2D eigenvalue weighted by atomic mass is 10.1. The lowest BCUT2D eigenvalue weighted by Gasteiger charge is -2.24. The third-order valence-corrected chi connectivity index (χ3v) is 4.78. The molecule has 2 aromatic carbocycles. The Bertz CT molecular complexity index is 823. The van der Waals surface area contributed by atoms with Gasteiger partial charge in [0.2, 0.25) is 0 Å². The molecule has 0 saturated heterocycles.